The molecular formula is C30H23Cl2F3N2O2. The van der Waals surface area contributed by atoms with Crippen molar-refractivity contribution in [1.29, 1.82) is 0 Å². The second kappa shape index (κ2) is 10.5. The van der Waals surface area contributed by atoms with Crippen molar-refractivity contribution in [3.8, 4) is 0 Å². The summed E-state index contributed by atoms with van der Waals surface area (Å²) >= 11 is 12.7. The molecule has 0 saturated heterocycles. The molecule has 0 aromatic heterocycles. The van der Waals surface area contributed by atoms with Gasteiger partial charge in [-0.3, -0.25) is 9.59 Å². The van der Waals surface area contributed by atoms with Crippen LogP contribution in [0.5, 0.6) is 0 Å². The zero-order chi connectivity index (χ0) is 27.9. The molecule has 5 rings (SSSR count). The molecule has 1 aliphatic heterocycles. The quantitative estimate of drug-likeness (QED) is 0.334. The van der Waals surface area contributed by atoms with Crippen molar-refractivity contribution < 1.29 is 22.8 Å². The van der Waals surface area contributed by atoms with Gasteiger partial charge in [0.05, 0.1) is 11.3 Å². The molecule has 0 fully saturated rings. The number of para-hydroxylation sites is 1. The number of anilines is 1. The fraction of sp³-hybridized carbons (Fsp3) is 0.200. The van der Waals surface area contributed by atoms with E-state index in [1.807, 2.05) is 30.3 Å². The van der Waals surface area contributed by atoms with Crippen LogP contribution in [0.4, 0.5) is 18.9 Å². The Morgan fingerprint density at radius 1 is 0.974 bits per heavy atom. The molecular weight excluding hydrogens is 548 g/mol. The minimum Gasteiger partial charge on any atom is -0.362 e. The Kier molecular flexibility index (Phi) is 7.31. The maximum absolute atomic E-state index is 13.7. The second-order valence-electron chi connectivity index (χ2n) is 9.59. The standard InChI is InChI=1S/C30H23Cl2F3N2O2/c1-16-26(29(39)37-23-10-6-5-9-21(23)30(33,34)35)27(20-12-11-19(31)15-22(20)32)28-24(36-16)13-18(14-25(28)38)17-7-3-2-4-8-17/h2-12,15,18,27,36H,13-14H2,1H3,(H,37,39). The van der Waals surface area contributed by atoms with Gasteiger partial charge in [0.15, 0.2) is 5.78 Å². The molecule has 1 amide bonds. The van der Waals surface area contributed by atoms with Crippen LogP contribution in [0.15, 0.2) is 95.3 Å². The van der Waals surface area contributed by atoms with E-state index in [0.29, 0.717) is 34.0 Å². The Hall–Kier alpha value is -3.55. The van der Waals surface area contributed by atoms with Crippen molar-refractivity contribution in [2.24, 2.45) is 0 Å². The van der Waals surface area contributed by atoms with Gasteiger partial charge < -0.3 is 10.6 Å². The summed E-state index contributed by atoms with van der Waals surface area (Å²) in [5.41, 5.74) is 1.72. The van der Waals surface area contributed by atoms with Crippen LogP contribution in [-0.2, 0) is 15.8 Å². The molecule has 2 unspecified atom stereocenters. The summed E-state index contributed by atoms with van der Waals surface area (Å²) in [6.07, 6.45) is -3.93. The number of hydrogen-bond acceptors (Lipinski definition) is 3. The Labute approximate surface area is 233 Å². The lowest BCUT2D eigenvalue weighted by atomic mass is 9.71. The van der Waals surface area contributed by atoms with E-state index in [1.54, 1.807) is 19.1 Å². The summed E-state index contributed by atoms with van der Waals surface area (Å²) in [7, 11) is 0. The highest BCUT2D eigenvalue weighted by atomic mass is 35.5. The van der Waals surface area contributed by atoms with E-state index in [2.05, 4.69) is 10.6 Å². The van der Waals surface area contributed by atoms with Crippen molar-refractivity contribution in [3.63, 3.8) is 0 Å². The van der Waals surface area contributed by atoms with E-state index in [9.17, 15) is 22.8 Å². The zero-order valence-corrected chi connectivity index (χ0v) is 22.2. The molecule has 9 heteroatoms. The minimum absolute atomic E-state index is 0.0619. The number of allylic oxidation sites excluding steroid dienone is 3. The van der Waals surface area contributed by atoms with Gasteiger partial charge in [-0.2, -0.15) is 13.2 Å². The fourth-order valence-corrected chi connectivity index (χ4v) is 5.89. The van der Waals surface area contributed by atoms with Crippen LogP contribution in [0.1, 0.15) is 48.3 Å². The molecule has 200 valence electrons. The average Bonchev–Trinajstić information content (AvgIpc) is 2.88. The van der Waals surface area contributed by atoms with Gasteiger partial charge in [0.2, 0.25) is 0 Å². The molecule has 1 heterocycles. The van der Waals surface area contributed by atoms with Gasteiger partial charge in [-0.15, -0.1) is 0 Å². The van der Waals surface area contributed by atoms with Crippen LogP contribution >= 0.6 is 23.2 Å². The van der Waals surface area contributed by atoms with Gasteiger partial charge in [0, 0.05) is 44.9 Å². The number of carbonyl (C=O) groups is 2. The number of nitrogens with one attached hydrogen (secondary N) is 2. The molecule has 0 radical (unpaired) electrons. The second-order valence-corrected chi connectivity index (χ2v) is 10.4. The van der Waals surface area contributed by atoms with Crippen molar-refractivity contribution in [2.45, 2.75) is 37.8 Å². The number of alkyl halides is 3. The lowest BCUT2D eigenvalue weighted by Gasteiger charge is -2.37. The lowest BCUT2D eigenvalue weighted by molar-refractivity contribution is -0.137. The first kappa shape index (κ1) is 27.0. The van der Waals surface area contributed by atoms with Gasteiger partial charge >= 0.3 is 6.18 Å². The van der Waals surface area contributed by atoms with Crippen molar-refractivity contribution in [3.05, 3.63) is 122 Å². The third-order valence-corrected chi connectivity index (χ3v) is 7.66. The molecule has 0 spiro atoms. The third kappa shape index (κ3) is 5.34. The highest BCUT2D eigenvalue weighted by Gasteiger charge is 2.42. The molecule has 2 aliphatic rings. The average molecular weight is 571 g/mol. The first-order valence-electron chi connectivity index (χ1n) is 12.3. The summed E-state index contributed by atoms with van der Waals surface area (Å²) in [6, 6.07) is 19.2. The van der Waals surface area contributed by atoms with Gasteiger partial charge in [-0.1, -0.05) is 71.7 Å². The molecule has 39 heavy (non-hydrogen) atoms. The van der Waals surface area contributed by atoms with E-state index in [0.717, 1.165) is 11.6 Å². The topological polar surface area (TPSA) is 58.2 Å². The number of amides is 1. The van der Waals surface area contributed by atoms with Crippen molar-refractivity contribution in [2.75, 3.05) is 5.32 Å². The first-order valence-corrected chi connectivity index (χ1v) is 13.0. The first-order chi connectivity index (χ1) is 18.5. The number of rotatable bonds is 4. The maximum Gasteiger partial charge on any atom is 0.418 e. The largest absolute Gasteiger partial charge is 0.418 e. The van der Waals surface area contributed by atoms with Gasteiger partial charge in [-0.05, 0) is 54.7 Å². The maximum atomic E-state index is 13.7. The van der Waals surface area contributed by atoms with Crippen LogP contribution < -0.4 is 10.6 Å². The molecule has 0 saturated carbocycles. The van der Waals surface area contributed by atoms with Gasteiger partial charge in [0.25, 0.3) is 5.91 Å². The number of carbonyl (C=O) groups excluding carboxylic acids is 2. The van der Waals surface area contributed by atoms with Crippen LogP contribution in [0, 0.1) is 0 Å². The SMILES string of the molecule is CC1=C(C(=O)Nc2ccccc2C(F)(F)F)C(c2ccc(Cl)cc2Cl)C2=C(CC(c3ccccc3)CC2=O)N1. The molecule has 4 nitrogen and oxygen atoms in total. The number of ketones is 1. The summed E-state index contributed by atoms with van der Waals surface area (Å²) < 4.78 is 40.9. The number of benzene rings is 3. The van der Waals surface area contributed by atoms with Crippen LogP contribution in [-0.4, -0.2) is 11.7 Å². The molecule has 2 N–H and O–H groups in total. The number of hydrogen-bond donors (Lipinski definition) is 2. The molecule has 1 aliphatic carbocycles. The van der Waals surface area contributed by atoms with Crippen molar-refractivity contribution in [1.82, 2.24) is 5.32 Å². The van der Waals surface area contributed by atoms with Crippen LogP contribution in [0.25, 0.3) is 0 Å². The molecule has 3 aromatic carbocycles. The van der Waals surface area contributed by atoms with Gasteiger partial charge in [0.1, 0.15) is 0 Å². The minimum atomic E-state index is -4.67. The third-order valence-electron chi connectivity index (χ3n) is 7.10. The summed E-state index contributed by atoms with van der Waals surface area (Å²) in [5.74, 6) is -1.89. The van der Waals surface area contributed by atoms with E-state index in [-0.39, 0.29) is 34.4 Å². The fourth-order valence-electron chi connectivity index (χ4n) is 5.38. The lowest BCUT2D eigenvalue weighted by Crippen LogP contribution is -2.37. The zero-order valence-electron chi connectivity index (χ0n) is 20.7. The Bertz CT molecular complexity index is 1530. The number of Topliss-reactive ketones (excluding diaryl/α,β-unsaturated/α-hetero) is 1. The predicted molar refractivity (Wildman–Crippen MR) is 146 cm³/mol. The summed E-state index contributed by atoms with van der Waals surface area (Å²) in [5, 5.41) is 6.28. The highest BCUT2D eigenvalue weighted by molar-refractivity contribution is 6.35. The van der Waals surface area contributed by atoms with E-state index >= 15 is 0 Å². The smallest absolute Gasteiger partial charge is 0.362 e. The summed E-state index contributed by atoms with van der Waals surface area (Å²) in [4.78, 5) is 27.4. The number of halogens is 5. The Balaban J connectivity index is 1.60. The normalized spacial score (nSPS) is 19.5. The molecule has 0 bridgehead atoms. The van der Waals surface area contributed by atoms with Crippen molar-refractivity contribution >= 4 is 40.6 Å². The van der Waals surface area contributed by atoms with Gasteiger partial charge in [-0.25, -0.2) is 0 Å². The van der Waals surface area contributed by atoms with E-state index in [1.165, 1.54) is 24.3 Å². The Morgan fingerprint density at radius 3 is 2.36 bits per heavy atom. The molecule has 3 aromatic rings. The Morgan fingerprint density at radius 2 is 1.67 bits per heavy atom. The highest BCUT2D eigenvalue weighted by Crippen LogP contribution is 2.47. The number of dihydropyridines is 1. The van der Waals surface area contributed by atoms with E-state index < -0.39 is 23.6 Å². The molecule has 2 atom stereocenters. The summed E-state index contributed by atoms with van der Waals surface area (Å²) in [6.45, 7) is 1.67. The monoisotopic (exact) mass is 570 g/mol. The predicted octanol–water partition coefficient (Wildman–Crippen LogP) is 8.01. The van der Waals surface area contributed by atoms with Crippen LogP contribution in [0.2, 0.25) is 10.0 Å². The van der Waals surface area contributed by atoms with Crippen LogP contribution in [0.3, 0.4) is 0 Å². The van der Waals surface area contributed by atoms with E-state index in [4.69, 9.17) is 23.2 Å².